The van der Waals surface area contributed by atoms with Crippen LogP contribution in [0.1, 0.15) is 23.7 Å². The first-order valence-corrected chi connectivity index (χ1v) is 11.0. The summed E-state index contributed by atoms with van der Waals surface area (Å²) >= 11 is 0. The standard InChI is InChI=1S/C22H19F6N7O3/c1-38-19-10(18(36)33-14-7-34(6-13(14)23)20(37)12-4-21(12,24)25)2-9(5-30-19)15-3-11(22(26,27)28)16-17(29)31-8-32-35(15)16/h2-3,5,8,12-14H,4,6-7H2,1H3,(H,33,36)(H2,29,31,32)/t12?,13-,14+/m0/s1/i1D. The van der Waals surface area contributed by atoms with Gasteiger partial charge in [-0.3, -0.25) is 9.59 Å². The smallest absolute Gasteiger partial charge is 0.418 e. The van der Waals surface area contributed by atoms with E-state index in [1.807, 2.05) is 0 Å². The molecule has 3 aromatic heterocycles. The van der Waals surface area contributed by atoms with Gasteiger partial charge in [-0.1, -0.05) is 0 Å². The van der Waals surface area contributed by atoms with E-state index in [1.54, 1.807) is 0 Å². The third kappa shape index (κ3) is 4.32. The fourth-order valence-corrected chi connectivity index (χ4v) is 4.39. The van der Waals surface area contributed by atoms with Crippen LogP contribution >= 0.6 is 0 Å². The van der Waals surface area contributed by atoms with E-state index in [0.29, 0.717) is 0 Å². The minimum absolute atomic E-state index is 0.0305. The lowest BCUT2D eigenvalue weighted by Gasteiger charge is -2.17. The number of aromatic nitrogens is 4. The number of carbonyl (C=O) groups excluding carboxylic acids is 2. The van der Waals surface area contributed by atoms with Gasteiger partial charge in [-0.25, -0.2) is 27.7 Å². The van der Waals surface area contributed by atoms with Gasteiger partial charge in [0.25, 0.3) is 11.8 Å². The van der Waals surface area contributed by atoms with E-state index in [-0.39, 0.29) is 29.2 Å². The number of carbonyl (C=O) groups is 2. The van der Waals surface area contributed by atoms with Crippen molar-refractivity contribution in [2.75, 3.05) is 25.9 Å². The second-order valence-electron chi connectivity index (χ2n) is 8.92. The van der Waals surface area contributed by atoms with Gasteiger partial charge in [0.1, 0.15) is 29.5 Å². The lowest BCUT2D eigenvalue weighted by atomic mass is 10.1. The molecule has 38 heavy (non-hydrogen) atoms. The number of nitrogens with one attached hydrogen (secondary N) is 1. The molecule has 10 nitrogen and oxygen atoms in total. The molecule has 3 N–H and O–H groups in total. The van der Waals surface area contributed by atoms with Crippen molar-refractivity contribution in [2.45, 2.75) is 30.7 Å². The lowest BCUT2D eigenvalue weighted by molar-refractivity contribution is -0.136. The molecule has 1 saturated carbocycles. The molecule has 3 atom stereocenters. The van der Waals surface area contributed by atoms with Crippen LogP contribution in [0.2, 0.25) is 0 Å². The predicted molar refractivity (Wildman–Crippen MR) is 118 cm³/mol. The molecule has 1 aliphatic carbocycles. The molecular formula is C22H19F6N7O3. The van der Waals surface area contributed by atoms with Crippen molar-refractivity contribution >= 4 is 23.1 Å². The fourth-order valence-electron chi connectivity index (χ4n) is 4.39. The van der Waals surface area contributed by atoms with Gasteiger partial charge in [-0.2, -0.15) is 18.3 Å². The van der Waals surface area contributed by atoms with E-state index >= 15 is 0 Å². The third-order valence-corrected chi connectivity index (χ3v) is 6.42. The zero-order valence-electron chi connectivity index (χ0n) is 20.2. The summed E-state index contributed by atoms with van der Waals surface area (Å²) in [6, 6.07) is 0.596. The predicted octanol–water partition coefficient (Wildman–Crippen LogP) is 2.33. The molecule has 1 unspecified atom stereocenters. The number of ether oxygens (including phenoxy) is 1. The first kappa shape index (κ1) is 24.2. The monoisotopic (exact) mass is 544 g/mol. The number of nitrogen functional groups attached to an aromatic ring is 1. The lowest BCUT2D eigenvalue weighted by Crippen LogP contribution is -2.42. The molecule has 0 bridgehead atoms. The highest BCUT2D eigenvalue weighted by Gasteiger charge is 2.63. The number of pyridine rings is 1. The largest absolute Gasteiger partial charge is 0.480 e. The van der Waals surface area contributed by atoms with Crippen LogP contribution in [-0.4, -0.2) is 74.6 Å². The Hall–Kier alpha value is -4.11. The number of fused-ring (bicyclic) bond motifs is 1. The molecule has 0 spiro atoms. The number of halogens is 6. The van der Waals surface area contributed by atoms with Gasteiger partial charge in [0, 0.05) is 24.7 Å². The number of methoxy groups -OCH3 is 1. The van der Waals surface area contributed by atoms with E-state index in [4.69, 9.17) is 11.8 Å². The minimum atomic E-state index is -4.82. The summed E-state index contributed by atoms with van der Waals surface area (Å²) in [6.45, 7) is -0.864. The van der Waals surface area contributed by atoms with Crippen LogP contribution in [0.15, 0.2) is 24.7 Å². The number of alkyl halides is 6. The van der Waals surface area contributed by atoms with Crippen LogP contribution in [-0.2, 0) is 11.0 Å². The minimum Gasteiger partial charge on any atom is -0.480 e. The molecular weight excluding hydrogens is 524 g/mol. The van der Waals surface area contributed by atoms with Gasteiger partial charge in [-0.05, 0) is 12.1 Å². The number of hydrogen-bond acceptors (Lipinski definition) is 7. The number of amides is 2. The normalized spacial score (nSPS) is 22.8. The van der Waals surface area contributed by atoms with Gasteiger partial charge < -0.3 is 20.7 Å². The van der Waals surface area contributed by atoms with Crippen LogP contribution < -0.4 is 15.8 Å². The van der Waals surface area contributed by atoms with Crippen LogP contribution in [0, 0.1) is 5.92 Å². The van der Waals surface area contributed by atoms with Gasteiger partial charge in [-0.15, -0.1) is 0 Å². The Kier molecular flexibility index (Phi) is 5.57. The van der Waals surface area contributed by atoms with E-state index in [0.717, 1.165) is 34.1 Å². The first-order chi connectivity index (χ1) is 18.3. The van der Waals surface area contributed by atoms with Gasteiger partial charge >= 0.3 is 6.18 Å². The molecule has 0 aromatic carbocycles. The maximum absolute atomic E-state index is 14.7. The number of hydrogen-bond donors (Lipinski definition) is 2. The maximum atomic E-state index is 14.7. The Bertz CT molecular complexity index is 1470. The highest BCUT2D eigenvalue weighted by molar-refractivity contribution is 5.98. The van der Waals surface area contributed by atoms with Gasteiger partial charge in [0.05, 0.1) is 32.3 Å². The summed E-state index contributed by atoms with van der Waals surface area (Å²) in [5.74, 6) is -7.35. The number of rotatable bonds is 5. The van der Waals surface area contributed by atoms with Crippen molar-refractivity contribution in [1.29, 1.82) is 0 Å². The summed E-state index contributed by atoms with van der Waals surface area (Å²) < 4.78 is 95.5. The second kappa shape index (κ2) is 8.73. The van der Waals surface area contributed by atoms with Gasteiger partial charge in [0.2, 0.25) is 11.8 Å². The van der Waals surface area contributed by atoms with Crippen molar-refractivity contribution in [2.24, 2.45) is 5.92 Å². The molecule has 16 heteroatoms. The van der Waals surface area contributed by atoms with Crippen molar-refractivity contribution < 1.29 is 42.0 Å². The summed E-state index contributed by atoms with van der Waals surface area (Å²) in [6.07, 6.45) is -5.19. The van der Waals surface area contributed by atoms with Crippen molar-refractivity contribution in [3.63, 3.8) is 0 Å². The Labute approximate surface area is 211 Å². The van der Waals surface area contributed by atoms with Crippen LogP contribution in [0.4, 0.5) is 32.2 Å². The number of anilines is 1. The molecule has 0 radical (unpaired) electrons. The SMILES string of the molecule is [2H]COc1ncc(-c2cc(C(F)(F)F)c3c(N)ncnn23)cc1C(=O)N[C@@H]1CN(C(=O)C2CC2(F)F)C[C@@H]1F. The maximum Gasteiger partial charge on any atom is 0.418 e. The third-order valence-electron chi connectivity index (χ3n) is 6.42. The Morgan fingerprint density at radius 3 is 2.66 bits per heavy atom. The van der Waals surface area contributed by atoms with Crippen LogP contribution in [0.25, 0.3) is 16.8 Å². The average molecular weight is 544 g/mol. The molecule has 5 rings (SSSR count). The fraction of sp³-hybridized carbons (Fsp3) is 0.409. The highest BCUT2D eigenvalue weighted by Crippen LogP contribution is 2.50. The number of nitrogens with two attached hydrogens (primary N) is 1. The Balaban J connectivity index is 1.45. The number of likely N-dealkylation sites (tertiary alicyclic amines) is 1. The van der Waals surface area contributed by atoms with Crippen LogP contribution in [0.3, 0.4) is 0 Å². The number of nitrogens with zero attached hydrogens (tertiary/aromatic N) is 5. The van der Waals surface area contributed by atoms with E-state index < -0.39 is 79.0 Å². The van der Waals surface area contributed by atoms with Crippen molar-refractivity contribution in [3.05, 3.63) is 35.8 Å². The van der Waals surface area contributed by atoms with Crippen molar-refractivity contribution in [1.82, 2.24) is 29.8 Å². The van der Waals surface area contributed by atoms with Gasteiger partial charge in [0.15, 0.2) is 5.82 Å². The molecule has 1 aliphatic heterocycles. The quantitative estimate of drug-likeness (QED) is 0.472. The summed E-state index contributed by atoms with van der Waals surface area (Å²) in [5, 5.41) is 6.18. The summed E-state index contributed by atoms with van der Waals surface area (Å²) in [5.41, 5.74) is 3.47. The molecule has 202 valence electrons. The zero-order valence-corrected chi connectivity index (χ0v) is 19.2. The summed E-state index contributed by atoms with van der Waals surface area (Å²) in [7, 11) is -0.671. The van der Waals surface area contributed by atoms with E-state index in [9.17, 15) is 35.9 Å². The molecule has 4 heterocycles. The molecule has 2 aliphatic rings. The molecule has 3 aromatic rings. The Morgan fingerprint density at radius 2 is 2.00 bits per heavy atom. The van der Waals surface area contributed by atoms with E-state index in [1.165, 1.54) is 0 Å². The molecule has 2 fully saturated rings. The highest BCUT2D eigenvalue weighted by atomic mass is 19.4. The summed E-state index contributed by atoms with van der Waals surface area (Å²) in [4.78, 5) is 33.8. The van der Waals surface area contributed by atoms with Crippen molar-refractivity contribution in [3.8, 4) is 17.1 Å². The zero-order chi connectivity index (χ0) is 28.3. The van der Waals surface area contributed by atoms with Crippen LogP contribution in [0.5, 0.6) is 5.88 Å². The Morgan fingerprint density at radius 1 is 1.26 bits per heavy atom. The van der Waals surface area contributed by atoms with E-state index in [2.05, 4.69) is 20.4 Å². The topological polar surface area (TPSA) is 128 Å². The molecule has 1 saturated heterocycles. The first-order valence-electron chi connectivity index (χ1n) is 11.8. The molecule has 2 amide bonds. The average Bonchev–Trinajstić information content (AvgIpc) is 3.15. The second-order valence-corrected chi connectivity index (χ2v) is 8.92.